The molecule has 0 saturated carbocycles. The van der Waals surface area contributed by atoms with Gasteiger partial charge in [0.05, 0.1) is 6.04 Å². The number of hydrogen-bond donors (Lipinski definition) is 1. The zero-order valence-corrected chi connectivity index (χ0v) is 11.3. The van der Waals surface area contributed by atoms with Crippen molar-refractivity contribution >= 4 is 22.3 Å². The molecule has 2 N–H and O–H groups in total. The van der Waals surface area contributed by atoms with Crippen LogP contribution in [0.15, 0.2) is 40.1 Å². The molecular weight excluding hydrogens is 242 g/mol. The van der Waals surface area contributed by atoms with E-state index >= 15 is 0 Å². The zero-order valence-electron chi connectivity index (χ0n) is 10.4. The van der Waals surface area contributed by atoms with Crippen LogP contribution < -0.4 is 5.73 Å². The third-order valence-electron chi connectivity index (χ3n) is 3.23. The van der Waals surface area contributed by atoms with E-state index < -0.39 is 0 Å². The van der Waals surface area contributed by atoms with Gasteiger partial charge < -0.3 is 10.2 Å². The standard InChI is InChI=1S/C15H15NOS/c1-9-3-4-13-11(7-9)8-14(17-13)15(16)12-5-6-18-10(12)2/h3-8,15H,16H2,1-2H3. The maximum atomic E-state index is 6.28. The van der Waals surface area contributed by atoms with Gasteiger partial charge in [0.15, 0.2) is 0 Å². The van der Waals surface area contributed by atoms with Crippen LogP contribution in [0.25, 0.3) is 11.0 Å². The number of rotatable bonds is 2. The van der Waals surface area contributed by atoms with Gasteiger partial charge in [0.1, 0.15) is 11.3 Å². The van der Waals surface area contributed by atoms with Crippen LogP contribution in [-0.4, -0.2) is 0 Å². The lowest BCUT2D eigenvalue weighted by Crippen LogP contribution is -2.10. The first-order valence-corrected chi connectivity index (χ1v) is 6.83. The van der Waals surface area contributed by atoms with Crippen molar-refractivity contribution in [2.24, 2.45) is 5.73 Å². The summed E-state index contributed by atoms with van der Waals surface area (Å²) in [7, 11) is 0. The Bertz CT molecular complexity index is 695. The lowest BCUT2D eigenvalue weighted by molar-refractivity contribution is 0.525. The number of nitrogens with two attached hydrogens (primary N) is 1. The Morgan fingerprint density at radius 2 is 2.00 bits per heavy atom. The molecule has 18 heavy (non-hydrogen) atoms. The first-order valence-electron chi connectivity index (χ1n) is 5.95. The first-order chi connectivity index (χ1) is 8.65. The molecule has 1 aromatic carbocycles. The third-order valence-corrected chi connectivity index (χ3v) is 4.09. The minimum absolute atomic E-state index is 0.177. The normalized spacial score (nSPS) is 13.1. The van der Waals surface area contributed by atoms with Crippen molar-refractivity contribution in [3.63, 3.8) is 0 Å². The Morgan fingerprint density at radius 1 is 1.17 bits per heavy atom. The average molecular weight is 257 g/mol. The summed E-state index contributed by atoms with van der Waals surface area (Å²) in [5.74, 6) is 0.831. The Morgan fingerprint density at radius 3 is 2.72 bits per heavy atom. The van der Waals surface area contributed by atoms with Crippen molar-refractivity contribution < 1.29 is 4.42 Å². The topological polar surface area (TPSA) is 39.2 Å². The fourth-order valence-electron chi connectivity index (χ4n) is 2.21. The van der Waals surface area contributed by atoms with Gasteiger partial charge in [-0.15, -0.1) is 11.3 Å². The van der Waals surface area contributed by atoms with Crippen LogP contribution in [0.4, 0.5) is 0 Å². The predicted octanol–water partition coefficient (Wildman–Crippen LogP) is 4.16. The second-order valence-electron chi connectivity index (χ2n) is 4.60. The minimum atomic E-state index is -0.177. The van der Waals surface area contributed by atoms with Gasteiger partial charge in [-0.1, -0.05) is 11.6 Å². The molecule has 2 aromatic heterocycles. The molecule has 92 valence electrons. The Labute approximate surface area is 110 Å². The quantitative estimate of drug-likeness (QED) is 0.748. The highest BCUT2D eigenvalue weighted by Gasteiger charge is 2.16. The van der Waals surface area contributed by atoms with Gasteiger partial charge in [-0.05, 0) is 49.1 Å². The molecule has 2 nitrogen and oxygen atoms in total. The fraction of sp³-hybridized carbons (Fsp3) is 0.200. The van der Waals surface area contributed by atoms with Crippen LogP contribution in [-0.2, 0) is 0 Å². The molecule has 0 amide bonds. The first kappa shape index (κ1) is 11.5. The molecule has 2 heterocycles. The Balaban J connectivity index is 2.07. The average Bonchev–Trinajstić information content (AvgIpc) is 2.93. The maximum Gasteiger partial charge on any atom is 0.134 e. The van der Waals surface area contributed by atoms with Crippen LogP contribution in [0.3, 0.4) is 0 Å². The molecule has 0 aliphatic rings. The highest BCUT2D eigenvalue weighted by Crippen LogP contribution is 2.30. The van der Waals surface area contributed by atoms with Crippen LogP contribution in [0, 0.1) is 13.8 Å². The largest absolute Gasteiger partial charge is 0.459 e. The van der Waals surface area contributed by atoms with Crippen molar-refractivity contribution in [3.05, 3.63) is 57.5 Å². The zero-order chi connectivity index (χ0) is 12.7. The number of aryl methyl sites for hydroxylation is 2. The monoisotopic (exact) mass is 257 g/mol. The predicted molar refractivity (Wildman–Crippen MR) is 76.0 cm³/mol. The summed E-state index contributed by atoms with van der Waals surface area (Å²) >= 11 is 1.72. The third kappa shape index (κ3) is 1.85. The second-order valence-corrected chi connectivity index (χ2v) is 5.72. The molecular formula is C15H15NOS. The maximum absolute atomic E-state index is 6.28. The van der Waals surface area contributed by atoms with E-state index in [4.69, 9.17) is 10.2 Å². The molecule has 3 aromatic rings. The molecule has 0 aliphatic carbocycles. The van der Waals surface area contributed by atoms with Crippen molar-refractivity contribution in [3.8, 4) is 0 Å². The molecule has 3 heteroatoms. The number of fused-ring (bicyclic) bond motifs is 1. The van der Waals surface area contributed by atoms with E-state index in [-0.39, 0.29) is 6.04 Å². The second kappa shape index (κ2) is 4.26. The molecule has 0 radical (unpaired) electrons. The summed E-state index contributed by atoms with van der Waals surface area (Å²) in [5, 5.41) is 3.19. The van der Waals surface area contributed by atoms with E-state index in [0.29, 0.717) is 0 Å². The van der Waals surface area contributed by atoms with Gasteiger partial charge in [0.25, 0.3) is 0 Å². The molecule has 0 saturated heterocycles. The van der Waals surface area contributed by atoms with Gasteiger partial charge in [0.2, 0.25) is 0 Å². The molecule has 0 spiro atoms. The van der Waals surface area contributed by atoms with E-state index in [9.17, 15) is 0 Å². The summed E-state index contributed by atoms with van der Waals surface area (Å²) < 4.78 is 5.84. The molecule has 0 fully saturated rings. The van der Waals surface area contributed by atoms with Crippen molar-refractivity contribution in [2.45, 2.75) is 19.9 Å². The Hall–Kier alpha value is -1.58. The molecule has 3 rings (SSSR count). The van der Waals surface area contributed by atoms with Gasteiger partial charge in [-0.25, -0.2) is 0 Å². The number of hydrogen-bond acceptors (Lipinski definition) is 3. The van der Waals surface area contributed by atoms with Crippen LogP contribution in [0.1, 0.15) is 27.8 Å². The Kier molecular flexibility index (Phi) is 2.73. The highest BCUT2D eigenvalue weighted by molar-refractivity contribution is 7.10. The molecule has 0 bridgehead atoms. The number of furan rings is 1. The van der Waals surface area contributed by atoms with Gasteiger partial charge in [-0.2, -0.15) is 0 Å². The van der Waals surface area contributed by atoms with E-state index in [1.54, 1.807) is 11.3 Å². The lowest BCUT2D eigenvalue weighted by atomic mass is 10.1. The summed E-state index contributed by atoms with van der Waals surface area (Å²) in [6.07, 6.45) is 0. The van der Waals surface area contributed by atoms with E-state index in [2.05, 4.69) is 37.4 Å². The van der Waals surface area contributed by atoms with E-state index in [0.717, 1.165) is 22.3 Å². The molecule has 1 unspecified atom stereocenters. The summed E-state index contributed by atoms with van der Waals surface area (Å²) in [4.78, 5) is 1.25. The summed E-state index contributed by atoms with van der Waals surface area (Å²) in [6.45, 7) is 4.17. The number of thiophene rings is 1. The smallest absolute Gasteiger partial charge is 0.134 e. The van der Waals surface area contributed by atoms with Crippen molar-refractivity contribution in [1.82, 2.24) is 0 Å². The molecule has 0 aliphatic heterocycles. The highest BCUT2D eigenvalue weighted by atomic mass is 32.1. The van der Waals surface area contributed by atoms with Crippen LogP contribution >= 0.6 is 11.3 Å². The van der Waals surface area contributed by atoms with E-state index in [1.165, 1.54) is 10.4 Å². The van der Waals surface area contributed by atoms with Crippen LogP contribution in [0.5, 0.6) is 0 Å². The summed E-state index contributed by atoms with van der Waals surface area (Å²) in [6, 6.07) is 10.1. The lowest BCUT2D eigenvalue weighted by Gasteiger charge is -2.07. The van der Waals surface area contributed by atoms with Gasteiger partial charge in [0, 0.05) is 10.3 Å². The van der Waals surface area contributed by atoms with Crippen molar-refractivity contribution in [2.75, 3.05) is 0 Å². The molecule has 1 atom stereocenters. The van der Waals surface area contributed by atoms with Gasteiger partial charge >= 0.3 is 0 Å². The van der Waals surface area contributed by atoms with Crippen LogP contribution in [0.2, 0.25) is 0 Å². The SMILES string of the molecule is Cc1ccc2oc(C(N)c3ccsc3C)cc2c1. The van der Waals surface area contributed by atoms with Gasteiger partial charge in [-0.3, -0.25) is 0 Å². The van der Waals surface area contributed by atoms with E-state index in [1.807, 2.05) is 12.1 Å². The minimum Gasteiger partial charge on any atom is -0.459 e. The number of benzene rings is 1. The van der Waals surface area contributed by atoms with Crippen molar-refractivity contribution in [1.29, 1.82) is 0 Å². The fourth-order valence-corrected chi connectivity index (χ4v) is 2.96. The summed E-state index contributed by atoms with van der Waals surface area (Å²) in [5.41, 5.74) is 9.56.